The van der Waals surface area contributed by atoms with Gasteiger partial charge >= 0.3 is 0 Å². The fourth-order valence-corrected chi connectivity index (χ4v) is 2.55. The van der Waals surface area contributed by atoms with Gasteiger partial charge in [-0.1, -0.05) is 43.7 Å². The molecule has 0 atom stereocenters. The number of anilines is 1. The van der Waals surface area contributed by atoms with Crippen molar-refractivity contribution >= 4 is 11.5 Å². The van der Waals surface area contributed by atoms with Gasteiger partial charge in [0.25, 0.3) is 0 Å². The zero-order valence-electron chi connectivity index (χ0n) is 11.9. The van der Waals surface area contributed by atoms with Crippen molar-refractivity contribution in [3.8, 4) is 11.3 Å². The lowest BCUT2D eigenvalue weighted by Gasteiger charge is -2.02. The van der Waals surface area contributed by atoms with E-state index in [0.717, 1.165) is 35.3 Å². The molecule has 20 heavy (non-hydrogen) atoms. The summed E-state index contributed by atoms with van der Waals surface area (Å²) in [6, 6.07) is 12.6. The summed E-state index contributed by atoms with van der Waals surface area (Å²) in [5.74, 6) is 0.701. The molecule has 0 aliphatic rings. The molecule has 0 saturated carbocycles. The maximum atomic E-state index is 6.24. The van der Waals surface area contributed by atoms with Crippen molar-refractivity contribution in [1.29, 1.82) is 0 Å². The molecule has 2 heterocycles. The van der Waals surface area contributed by atoms with Gasteiger partial charge < -0.3 is 5.73 Å². The summed E-state index contributed by atoms with van der Waals surface area (Å²) in [5.41, 5.74) is 11.6. The number of fused-ring (bicyclic) bond motifs is 1. The molecule has 0 saturated heterocycles. The van der Waals surface area contributed by atoms with E-state index in [1.54, 1.807) is 0 Å². The van der Waals surface area contributed by atoms with Crippen LogP contribution >= 0.6 is 0 Å². The molecule has 0 amide bonds. The molecule has 3 nitrogen and oxygen atoms in total. The van der Waals surface area contributed by atoms with E-state index >= 15 is 0 Å². The summed E-state index contributed by atoms with van der Waals surface area (Å²) in [6.45, 7) is 4.24. The Morgan fingerprint density at radius 1 is 1.15 bits per heavy atom. The van der Waals surface area contributed by atoms with E-state index in [1.807, 2.05) is 16.7 Å². The summed E-state index contributed by atoms with van der Waals surface area (Å²) in [4.78, 5) is 4.70. The highest BCUT2D eigenvalue weighted by molar-refractivity contribution is 5.75. The van der Waals surface area contributed by atoms with Crippen LogP contribution in [-0.2, 0) is 6.42 Å². The van der Waals surface area contributed by atoms with Crippen LogP contribution in [0.25, 0.3) is 16.9 Å². The molecule has 0 radical (unpaired) electrons. The first-order valence-corrected chi connectivity index (χ1v) is 7.03. The zero-order valence-corrected chi connectivity index (χ0v) is 11.9. The number of nitrogens with zero attached hydrogens (tertiary/aromatic N) is 2. The van der Waals surface area contributed by atoms with Crippen LogP contribution in [-0.4, -0.2) is 9.38 Å². The van der Waals surface area contributed by atoms with E-state index in [9.17, 15) is 0 Å². The third-order valence-corrected chi connectivity index (χ3v) is 3.65. The minimum Gasteiger partial charge on any atom is -0.383 e. The Bertz CT molecular complexity index is 739. The lowest BCUT2D eigenvalue weighted by atomic mass is 10.1. The monoisotopic (exact) mass is 265 g/mol. The van der Waals surface area contributed by atoms with Gasteiger partial charge in [-0.3, -0.25) is 4.40 Å². The normalized spacial score (nSPS) is 11.1. The van der Waals surface area contributed by atoms with Crippen molar-refractivity contribution in [2.75, 3.05) is 5.73 Å². The zero-order chi connectivity index (χ0) is 14.1. The molecular weight excluding hydrogens is 246 g/mol. The van der Waals surface area contributed by atoms with Crippen molar-refractivity contribution in [2.45, 2.75) is 26.7 Å². The average Bonchev–Trinajstić information content (AvgIpc) is 2.79. The maximum absolute atomic E-state index is 6.24. The fraction of sp³-hybridized carbons (Fsp3) is 0.235. The highest BCUT2D eigenvalue weighted by atomic mass is 15.1. The van der Waals surface area contributed by atoms with E-state index < -0.39 is 0 Å². The second-order valence-electron chi connectivity index (χ2n) is 5.18. The minimum atomic E-state index is 0.701. The van der Waals surface area contributed by atoms with Crippen molar-refractivity contribution < 1.29 is 0 Å². The summed E-state index contributed by atoms with van der Waals surface area (Å²) in [7, 11) is 0. The molecule has 2 N–H and O–H groups in total. The second-order valence-corrected chi connectivity index (χ2v) is 5.18. The third-order valence-electron chi connectivity index (χ3n) is 3.65. The number of hydrogen-bond acceptors (Lipinski definition) is 2. The third kappa shape index (κ3) is 2.05. The highest BCUT2D eigenvalue weighted by Gasteiger charge is 2.12. The van der Waals surface area contributed by atoms with Gasteiger partial charge in [-0.15, -0.1) is 0 Å². The van der Waals surface area contributed by atoms with Crippen molar-refractivity contribution in [3.63, 3.8) is 0 Å². The first-order valence-electron chi connectivity index (χ1n) is 7.03. The summed E-state index contributed by atoms with van der Waals surface area (Å²) in [6.07, 6.45) is 4.23. The van der Waals surface area contributed by atoms with Crippen molar-refractivity contribution in [2.24, 2.45) is 0 Å². The molecular formula is C17H19N3. The lowest BCUT2D eigenvalue weighted by Crippen LogP contribution is -1.94. The van der Waals surface area contributed by atoms with E-state index in [1.165, 1.54) is 5.56 Å². The Labute approximate surface area is 119 Å². The molecule has 3 heteroatoms. The topological polar surface area (TPSA) is 43.3 Å². The van der Waals surface area contributed by atoms with E-state index in [2.05, 4.69) is 44.2 Å². The second kappa shape index (κ2) is 5.00. The Balaban J connectivity index is 2.10. The minimum absolute atomic E-state index is 0.701. The van der Waals surface area contributed by atoms with Crippen LogP contribution in [0.2, 0.25) is 0 Å². The van der Waals surface area contributed by atoms with Gasteiger partial charge in [-0.05, 0) is 30.5 Å². The standard InChI is InChI=1S/C17H19N3/c1-3-5-13-7-9-14(10-8-13)15-16(18)20-11-4-6-12(2)17(20)19-15/h4,6-11H,3,5,18H2,1-2H3. The quantitative estimate of drug-likeness (QED) is 0.781. The number of pyridine rings is 1. The average molecular weight is 265 g/mol. The number of nitrogens with two attached hydrogens (primary N) is 1. The number of imidazole rings is 1. The molecule has 3 rings (SSSR count). The first-order chi connectivity index (χ1) is 9.70. The van der Waals surface area contributed by atoms with Crippen molar-refractivity contribution in [1.82, 2.24) is 9.38 Å². The van der Waals surface area contributed by atoms with Gasteiger partial charge in [0.1, 0.15) is 17.2 Å². The number of nitrogen functional groups attached to an aromatic ring is 1. The Morgan fingerprint density at radius 2 is 1.90 bits per heavy atom. The number of rotatable bonds is 3. The fourth-order valence-electron chi connectivity index (χ4n) is 2.55. The van der Waals surface area contributed by atoms with Gasteiger partial charge in [-0.25, -0.2) is 4.98 Å². The molecule has 0 unspecified atom stereocenters. The molecule has 102 valence electrons. The van der Waals surface area contributed by atoms with Crippen LogP contribution in [0.4, 0.5) is 5.82 Å². The molecule has 0 fully saturated rings. The summed E-state index contributed by atoms with van der Waals surface area (Å²) >= 11 is 0. The Kier molecular flexibility index (Phi) is 3.18. The largest absolute Gasteiger partial charge is 0.383 e. The number of hydrogen-bond donors (Lipinski definition) is 1. The van der Waals surface area contributed by atoms with E-state index in [-0.39, 0.29) is 0 Å². The Morgan fingerprint density at radius 3 is 2.55 bits per heavy atom. The van der Waals surface area contributed by atoms with Crippen LogP contribution < -0.4 is 5.73 Å². The first kappa shape index (κ1) is 12.7. The van der Waals surface area contributed by atoms with Gasteiger partial charge in [-0.2, -0.15) is 0 Å². The molecule has 2 aromatic heterocycles. The van der Waals surface area contributed by atoms with Crippen LogP contribution in [0.3, 0.4) is 0 Å². The smallest absolute Gasteiger partial charge is 0.142 e. The number of aryl methyl sites for hydroxylation is 2. The summed E-state index contributed by atoms with van der Waals surface area (Å²) < 4.78 is 1.95. The summed E-state index contributed by atoms with van der Waals surface area (Å²) in [5, 5.41) is 0. The van der Waals surface area contributed by atoms with Gasteiger partial charge in [0.2, 0.25) is 0 Å². The lowest BCUT2D eigenvalue weighted by molar-refractivity contribution is 0.922. The van der Waals surface area contributed by atoms with E-state index in [0.29, 0.717) is 5.82 Å². The predicted molar refractivity (Wildman–Crippen MR) is 83.8 cm³/mol. The SMILES string of the molecule is CCCc1ccc(-c2nc3c(C)cccn3c2N)cc1. The molecule has 0 spiro atoms. The van der Waals surface area contributed by atoms with Gasteiger partial charge in [0.05, 0.1) is 0 Å². The number of aromatic nitrogens is 2. The highest BCUT2D eigenvalue weighted by Crippen LogP contribution is 2.27. The van der Waals surface area contributed by atoms with Gasteiger partial charge in [0.15, 0.2) is 0 Å². The molecule has 3 aromatic rings. The Hall–Kier alpha value is -2.29. The van der Waals surface area contributed by atoms with Crippen LogP contribution in [0.5, 0.6) is 0 Å². The van der Waals surface area contributed by atoms with E-state index in [4.69, 9.17) is 10.7 Å². The van der Waals surface area contributed by atoms with Crippen LogP contribution in [0.15, 0.2) is 42.6 Å². The molecule has 0 aliphatic heterocycles. The molecule has 1 aromatic carbocycles. The van der Waals surface area contributed by atoms with Gasteiger partial charge in [0, 0.05) is 11.8 Å². The molecule has 0 aliphatic carbocycles. The van der Waals surface area contributed by atoms with Crippen LogP contribution in [0, 0.1) is 6.92 Å². The van der Waals surface area contributed by atoms with Crippen molar-refractivity contribution in [3.05, 3.63) is 53.7 Å². The maximum Gasteiger partial charge on any atom is 0.142 e. The number of benzene rings is 1. The molecule has 0 bridgehead atoms. The predicted octanol–water partition coefficient (Wildman–Crippen LogP) is 3.84. The van der Waals surface area contributed by atoms with Crippen LogP contribution in [0.1, 0.15) is 24.5 Å².